The second-order valence-corrected chi connectivity index (χ2v) is 4.08. The van der Waals surface area contributed by atoms with Crippen LogP contribution in [0, 0.1) is 0 Å². The maximum atomic E-state index is 5.59. The van der Waals surface area contributed by atoms with Gasteiger partial charge in [-0.2, -0.15) is 0 Å². The Morgan fingerprint density at radius 3 is 2.41 bits per heavy atom. The summed E-state index contributed by atoms with van der Waals surface area (Å²) >= 11 is 0. The summed E-state index contributed by atoms with van der Waals surface area (Å²) in [5.74, 6) is 0. The van der Waals surface area contributed by atoms with Crippen LogP contribution in [0.5, 0.6) is 0 Å². The Kier molecular flexibility index (Phi) is 13.8. The standard InChI is InChI=1S/C13H29NO3/c1-4-7-13(14-5-2)12-17-11-10-16-9-6-8-15-3/h13-14H,4-12H2,1-3H3. The van der Waals surface area contributed by atoms with Crippen molar-refractivity contribution in [3.63, 3.8) is 0 Å². The monoisotopic (exact) mass is 247 g/mol. The molecule has 0 saturated carbocycles. The Balaban J connectivity index is 3.23. The van der Waals surface area contributed by atoms with Gasteiger partial charge in [-0.05, 0) is 19.4 Å². The second-order valence-electron chi connectivity index (χ2n) is 4.08. The number of methoxy groups -OCH3 is 1. The van der Waals surface area contributed by atoms with E-state index >= 15 is 0 Å². The molecule has 1 N–H and O–H groups in total. The van der Waals surface area contributed by atoms with Crippen molar-refractivity contribution in [2.24, 2.45) is 0 Å². The minimum atomic E-state index is 0.485. The van der Waals surface area contributed by atoms with Gasteiger partial charge in [0.2, 0.25) is 0 Å². The summed E-state index contributed by atoms with van der Waals surface area (Å²) in [5, 5.41) is 3.42. The summed E-state index contributed by atoms with van der Waals surface area (Å²) in [4.78, 5) is 0. The van der Waals surface area contributed by atoms with Gasteiger partial charge in [0.15, 0.2) is 0 Å². The van der Waals surface area contributed by atoms with Crippen LogP contribution in [0.25, 0.3) is 0 Å². The Morgan fingerprint density at radius 1 is 1.00 bits per heavy atom. The molecule has 0 aliphatic rings. The van der Waals surface area contributed by atoms with Gasteiger partial charge in [-0.15, -0.1) is 0 Å². The third kappa shape index (κ3) is 12.1. The van der Waals surface area contributed by atoms with Crippen LogP contribution in [-0.4, -0.2) is 52.7 Å². The van der Waals surface area contributed by atoms with E-state index < -0.39 is 0 Å². The number of nitrogens with one attached hydrogen (secondary N) is 1. The predicted octanol–water partition coefficient (Wildman–Crippen LogP) is 1.83. The van der Waals surface area contributed by atoms with E-state index in [1.54, 1.807) is 7.11 Å². The van der Waals surface area contributed by atoms with E-state index in [0.717, 1.165) is 32.8 Å². The average molecular weight is 247 g/mol. The number of likely N-dealkylation sites (N-methyl/N-ethyl adjacent to an activating group) is 1. The zero-order valence-corrected chi connectivity index (χ0v) is 11.7. The van der Waals surface area contributed by atoms with Crippen LogP contribution in [-0.2, 0) is 14.2 Å². The van der Waals surface area contributed by atoms with Crippen LogP contribution in [0.15, 0.2) is 0 Å². The SMILES string of the molecule is CCCC(COCCOCCCOC)NCC. The largest absolute Gasteiger partial charge is 0.385 e. The van der Waals surface area contributed by atoms with Crippen LogP contribution >= 0.6 is 0 Å². The fourth-order valence-corrected chi connectivity index (χ4v) is 1.63. The first-order valence-electron chi connectivity index (χ1n) is 6.72. The minimum Gasteiger partial charge on any atom is -0.385 e. The van der Waals surface area contributed by atoms with Crippen LogP contribution < -0.4 is 5.32 Å². The first-order valence-corrected chi connectivity index (χ1v) is 6.72. The highest BCUT2D eigenvalue weighted by Crippen LogP contribution is 1.97. The molecule has 4 nitrogen and oxygen atoms in total. The van der Waals surface area contributed by atoms with Gasteiger partial charge in [0.1, 0.15) is 0 Å². The van der Waals surface area contributed by atoms with Gasteiger partial charge in [0.25, 0.3) is 0 Å². The van der Waals surface area contributed by atoms with Gasteiger partial charge in [0.05, 0.1) is 19.8 Å². The molecule has 0 bridgehead atoms. The molecule has 0 heterocycles. The molecule has 17 heavy (non-hydrogen) atoms. The Hall–Kier alpha value is -0.160. The lowest BCUT2D eigenvalue weighted by atomic mass is 10.2. The van der Waals surface area contributed by atoms with Crippen molar-refractivity contribution in [3.05, 3.63) is 0 Å². The number of hydrogen-bond acceptors (Lipinski definition) is 4. The third-order valence-electron chi connectivity index (χ3n) is 2.46. The molecule has 0 amide bonds. The predicted molar refractivity (Wildman–Crippen MR) is 70.5 cm³/mol. The van der Waals surface area contributed by atoms with Crippen molar-refractivity contribution in [2.45, 2.75) is 39.2 Å². The molecule has 0 aromatic heterocycles. The van der Waals surface area contributed by atoms with E-state index in [2.05, 4.69) is 19.2 Å². The fourth-order valence-electron chi connectivity index (χ4n) is 1.63. The van der Waals surface area contributed by atoms with Crippen molar-refractivity contribution in [3.8, 4) is 0 Å². The normalized spacial score (nSPS) is 12.9. The van der Waals surface area contributed by atoms with Gasteiger partial charge < -0.3 is 19.5 Å². The molecule has 1 unspecified atom stereocenters. The molecule has 0 spiro atoms. The van der Waals surface area contributed by atoms with Crippen molar-refractivity contribution in [1.82, 2.24) is 5.32 Å². The second kappa shape index (κ2) is 13.9. The highest BCUT2D eigenvalue weighted by atomic mass is 16.5. The first kappa shape index (κ1) is 16.8. The Bertz CT molecular complexity index is 139. The van der Waals surface area contributed by atoms with E-state index in [-0.39, 0.29) is 0 Å². The van der Waals surface area contributed by atoms with Gasteiger partial charge >= 0.3 is 0 Å². The van der Waals surface area contributed by atoms with Gasteiger partial charge in [-0.3, -0.25) is 0 Å². The summed E-state index contributed by atoms with van der Waals surface area (Å²) in [6.07, 6.45) is 3.31. The molecule has 4 heteroatoms. The molecule has 0 fully saturated rings. The lowest BCUT2D eigenvalue weighted by molar-refractivity contribution is 0.0319. The molecule has 0 saturated heterocycles. The zero-order chi connectivity index (χ0) is 12.8. The molecule has 1 atom stereocenters. The Morgan fingerprint density at radius 2 is 1.76 bits per heavy atom. The maximum Gasteiger partial charge on any atom is 0.0701 e. The topological polar surface area (TPSA) is 39.7 Å². The summed E-state index contributed by atoms with van der Waals surface area (Å²) < 4.78 is 15.9. The highest BCUT2D eigenvalue weighted by molar-refractivity contribution is 4.63. The molecule has 0 rings (SSSR count). The molecular weight excluding hydrogens is 218 g/mol. The molecule has 0 radical (unpaired) electrons. The number of hydrogen-bond donors (Lipinski definition) is 1. The van der Waals surface area contributed by atoms with E-state index in [1.807, 2.05) is 0 Å². The lowest BCUT2D eigenvalue weighted by Gasteiger charge is -2.17. The molecule has 104 valence electrons. The van der Waals surface area contributed by atoms with Crippen LogP contribution in [0.4, 0.5) is 0 Å². The molecule has 0 aliphatic carbocycles. The van der Waals surface area contributed by atoms with Crippen LogP contribution in [0.3, 0.4) is 0 Å². The van der Waals surface area contributed by atoms with E-state index in [9.17, 15) is 0 Å². The highest BCUT2D eigenvalue weighted by Gasteiger charge is 2.05. The average Bonchev–Trinajstić information content (AvgIpc) is 2.33. The van der Waals surface area contributed by atoms with Gasteiger partial charge in [0, 0.05) is 26.4 Å². The van der Waals surface area contributed by atoms with Gasteiger partial charge in [-0.1, -0.05) is 20.3 Å². The molecule has 0 aliphatic heterocycles. The first-order chi connectivity index (χ1) is 8.35. The van der Waals surface area contributed by atoms with Crippen molar-refractivity contribution in [1.29, 1.82) is 0 Å². The number of rotatable bonds is 13. The molecule has 0 aromatic carbocycles. The Labute approximate surface area is 106 Å². The van der Waals surface area contributed by atoms with Crippen molar-refractivity contribution in [2.75, 3.05) is 46.7 Å². The smallest absolute Gasteiger partial charge is 0.0701 e. The summed E-state index contributed by atoms with van der Waals surface area (Å²) in [5.41, 5.74) is 0. The summed E-state index contributed by atoms with van der Waals surface area (Å²) in [6, 6.07) is 0.485. The lowest BCUT2D eigenvalue weighted by Crippen LogP contribution is -2.33. The van der Waals surface area contributed by atoms with Crippen LogP contribution in [0.1, 0.15) is 33.1 Å². The van der Waals surface area contributed by atoms with E-state index in [1.165, 1.54) is 12.8 Å². The zero-order valence-electron chi connectivity index (χ0n) is 11.7. The fraction of sp³-hybridized carbons (Fsp3) is 1.00. The molecule has 0 aromatic rings. The van der Waals surface area contributed by atoms with Crippen LogP contribution in [0.2, 0.25) is 0 Å². The third-order valence-corrected chi connectivity index (χ3v) is 2.46. The van der Waals surface area contributed by atoms with Gasteiger partial charge in [-0.25, -0.2) is 0 Å². The van der Waals surface area contributed by atoms with Crippen molar-refractivity contribution < 1.29 is 14.2 Å². The summed E-state index contributed by atoms with van der Waals surface area (Å²) in [7, 11) is 1.71. The van der Waals surface area contributed by atoms with Crippen molar-refractivity contribution >= 4 is 0 Å². The quantitative estimate of drug-likeness (QED) is 0.504. The summed E-state index contributed by atoms with van der Waals surface area (Å²) in [6.45, 7) is 8.98. The maximum absolute atomic E-state index is 5.59. The van der Waals surface area contributed by atoms with E-state index in [0.29, 0.717) is 19.3 Å². The molecular formula is C13H29NO3. The van der Waals surface area contributed by atoms with E-state index in [4.69, 9.17) is 14.2 Å². The number of ether oxygens (including phenoxy) is 3. The minimum absolute atomic E-state index is 0.485.